The summed E-state index contributed by atoms with van der Waals surface area (Å²) in [5.41, 5.74) is 2.04. The van der Waals surface area contributed by atoms with E-state index in [1.54, 1.807) is 24.3 Å². The Kier molecular flexibility index (Phi) is 30.7. The monoisotopic (exact) mass is 1360 g/mol. The molecule has 504 valence electrons. The van der Waals surface area contributed by atoms with Crippen LogP contribution in [0.4, 0.5) is 0 Å². The summed E-state index contributed by atoms with van der Waals surface area (Å²) >= 11 is 3.46. The highest BCUT2D eigenvalue weighted by molar-refractivity contribution is 9.09. The summed E-state index contributed by atoms with van der Waals surface area (Å²) in [6.07, 6.45) is 22.2. The minimum Gasteiger partial charge on any atom is -0.504 e. The number of para-hydroxylation sites is 5. The van der Waals surface area contributed by atoms with Crippen LogP contribution in [0.5, 0.6) is 57.5 Å². The van der Waals surface area contributed by atoms with Crippen LogP contribution in [0.25, 0.3) is 6.08 Å². The summed E-state index contributed by atoms with van der Waals surface area (Å²) in [5.74, 6) is 1.89. The number of halogens is 1. The largest absolute Gasteiger partial charge is 0.504 e. The van der Waals surface area contributed by atoms with E-state index >= 15 is 0 Å². The molecule has 11 rings (SSSR count). The molecule has 3 fully saturated rings. The summed E-state index contributed by atoms with van der Waals surface area (Å²) in [4.78, 5) is 72.4. The van der Waals surface area contributed by atoms with Crippen molar-refractivity contribution in [3.63, 3.8) is 0 Å². The molecule has 9 unspecified atom stereocenters. The molecule has 0 amide bonds. The molecule has 94 heavy (non-hydrogen) atoms. The molecule has 6 aliphatic heterocycles. The first-order chi connectivity index (χ1) is 44.9. The van der Waals surface area contributed by atoms with E-state index < -0.39 is 17.9 Å². The van der Waals surface area contributed by atoms with E-state index in [2.05, 4.69) is 68.4 Å². The van der Waals surface area contributed by atoms with E-state index in [1.807, 2.05) is 71.9 Å². The van der Waals surface area contributed by atoms with E-state index in [1.165, 1.54) is 69.7 Å². The summed E-state index contributed by atoms with van der Waals surface area (Å²) in [7, 11) is 0. The molecule has 22 heteroatoms. The summed E-state index contributed by atoms with van der Waals surface area (Å²) < 4.78 is 54.5. The number of hydrogen-bond acceptors (Lipinski definition) is 21. The number of alkyl halides is 1. The zero-order valence-electron chi connectivity index (χ0n) is 54.0. The normalized spacial score (nSPS) is 20.5. The van der Waals surface area contributed by atoms with Crippen LogP contribution in [0, 0.1) is 17.8 Å². The molecule has 6 heterocycles. The predicted molar refractivity (Wildman–Crippen MR) is 354 cm³/mol. The minimum absolute atomic E-state index is 0.00157. The van der Waals surface area contributed by atoms with Gasteiger partial charge in [0.15, 0.2) is 82.6 Å². The number of fused-ring (bicyclic) bond motifs is 6. The molecule has 0 aromatic heterocycles. The Hall–Kier alpha value is -9.09. The molecular formula is C72H83BrO21. The molecule has 0 saturated carbocycles. The van der Waals surface area contributed by atoms with Gasteiger partial charge in [-0.1, -0.05) is 101 Å². The standard InChI is InChI=1S/C18H22O3.C17H20O4.C10H12O3.C9H8O4.C7H9BrO.C7H6O3.C4H6O3/c1-4-13-6-5-7-17(18(13)20-12(2)3)19-11-14-10-15-8-9-16(14)21-15;1-11(2)20-17-12(9-18)4-3-5-16(17)19-10-13-8-14-6-7-15(13)21-14;1-7(2)13-10-8(6-11)4-3-5-9(10)12;1-6(11)13-8-4-2-3-7(5-10)9(8)12;8-4-5-3-6-1-2-7(5)9-6;8-4-5-2-1-3-6(9)7(5)10;1-3(5)7-4(2)6/h4-9,12,14-16H,1,10-11H2,2-3H3;3-7,9,11,13-15H,8,10H2,1-2H3;3-7,12H,1-2H3;2-5,12H,1H3;1-2,5-7H,3-4H2;1-4,9-10H;1-2H3. The number of phenols is 4. The van der Waals surface area contributed by atoms with E-state index in [0.29, 0.717) is 78.7 Å². The average Bonchev–Trinajstić information content (AvgIpc) is 1.62. The molecule has 5 aromatic rings. The second kappa shape index (κ2) is 38.2. The number of rotatable bonds is 19. The van der Waals surface area contributed by atoms with Gasteiger partial charge in [0.25, 0.3) is 0 Å². The Morgan fingerprint density at radius 1 is 0.479 bits per heavy atom. The molecule has 4 N–H and O–H groups in total. The van der Waals surface area contributed by atoms with Crippen molar-refractivity contribution in [1.29, 1.82) is 0 Å². The molecule has 5 aromatic carbocycles. The van der Waals surface area contributed by atoms with Gasteiger partial charge in [-0.25, -0.2) is 0 Å². The Labute approximate surface area is 556 Å². The molecular weight excluding hydrogens is 1280 g/mol. The van der Waals surface area contributed by atoms with Gasteiger partial charge in [-0.3, -0.25) is 33.6 Å². The fourth-order valence-corrected chi connectivity index (χ4v) is 10.6. The van der Waals surface area contributed by atoms with Crippen LogP contribution in [-0.4, -0.2) is 137 Å². The first-order valence-electron chi connectivity index (χ1n) is 30.5. The van der Waals surface area contributed by atoms with Crippen LogP contribution in [0.2, 0.25) is 0 Å². The second-order valence-corrected chi connectivity index (χ2v) is 23.3. The van der Waals surface area contributed by atoms with E-state index in [0.717, 1.165) is 47.4 Å². The second-order valence-electron chi connectivity index (χ2n) is 22.6. The maximum Gasteiger partial charge on any atom is 0.310 e. The first-order valence-corrected chi connectivity index (χ1v) is 31.6. The lowest BCUT2D eigenvalue weighted by Gasteiger charge is -2.20. The number of ether oxygens (including phenoxy) is 10. The zero-order chi connectivity index (χ0) is 69.0. The van der Waals surface area contributed by atoms with Crippen molar-refractivity contribution in [1.82, 2.24) is 0 Å². The molecule has 9 atom stereocenters. The summed E-state index contributed by atoms with van der Waals surface area (Å²) in [5, 5.41) is 37.5. The Balaban J connectivity index is 0.000000205. The highest BCUT2D eigenvalue weighted by Crippen LogP contribution is 2.40. The lowest BCUT2D eigenvalue weighted by molar-refractivity contribution is -0.156. The van der Waals surface area contributed by atoms with Gasteiger partial charge in [0.05, 0.1) is 90.4 Å². The maximum atomic E-state index is 11.2. The quantitative estimate of drug-likeness (QED) is 0.0114. The van der Waals surface area contributed by atoms with Gasteiger partial charge in [-0.15, -0.1) is 0 Å². The lowest BCUT2D eigenvalue weighted by Crippen LogP contribution is -2.21. The van der Waals surface area contributed by atoms with Crippen LogP contribution in [0.15, 0.2) is 134 Å². The van der Waals surface area contributed by atoms with Crippen molar-refractivity contribution in [3.05, 3.63) is 162 Å². The minimum atomic E-state index is -0.562. The summed E-state index contributed by atoms with van der Waals surface area (Å²) in [6, 6.07) is 24.6. The number of hydrogen-bond donors (Lipinski definition) is 4. The Morgan fingerprint density at radius 2 is 0.840 bits per heavy atom. The van der Waals surface area contributed by atoms with Gasteiger partial charge >= 0.3 is 17.9 Å². The number of carbonyl (C=O) groups is 7. The maximum absolute atomic E-state index is 11.2. The van der Waals surface area contributed by atoms with Crippen molar-refractivity contribution in [2.75, 3.05) is 18.5 Å². The third-order valence-corrected chi connectivity index (χ3v) is 14.9. The number of carbonyl (C=O) groups excluding carboxylic acids is 7. The van der Waals surface area contributed by atoms with Crippen molar-refractivity contribution in [2.45, 2.75) is 137 Å². The average molecular weight is 1360 g/mol. The SMILES string of the molecule is BrCC1CC2C=CC1O2.C=Cc1cccc(OCC2CC3C=CC2O3)c1OC(C)C.CC(=O)OC(C)=O.CC(=O)Oc1cccc(C=O)c1O.CC(C)Oc1c(C=O)cccc1OCC1CC2C=CC1O2.CC(C)Oc1c(O)cccc1C=O.O=Cc1cccc(O)c1O. The van der Waals surface area contributed by atoms with E-state index in [-0.39, 0.29) is 88.4 Å². The zero-order valence-corrected chi connectivity index (χ0v) is 55.6. The molecule has 6 aliphatic rings. The van der Waals surface area contributed by atoms with Gasteiger partial charge in [0.1, 0.15) is 0 Å². The van der Waals surface area contributed by atoms with Gasteiger partial charge in [-0.2, -0.15) is 0 Å². The predicted octanol–water partition coefficient (Wildman–Crippen LogP) is 12.7. The van der Waals surface area contributed by atoms with Crippen LogP contribution in [-0.2, 0) is 33.3 Å². The first kappa shape index (κ1) is 75.6. The molecule has 0 radical (unpaired) electrons. The number of aromatic hydroxyl groups is 4. The van der Waals surface area contributed by atoms with Gasteiger partial charge in [0.2, 0.25) is 0 Å². The topological polar surface area (TPSA) is 293 Å². The van der Waals surface area contributed by atoms with E-state index in [4.69, 9.17) is 48.1 Å². The smallest absolute Gasteiger partial charge is 0.310 e. The highest BCUT2D eigenvalue weighted by atomic mass is 79.9. The molecule has 3 saturated heterocycles. The van der Waals surface area contributed by atoms with Crippen molar-refractivity contribution in [2.24, 2.45) is 17.8 Å². The molecule has 0 aliphatic carbocycles. The van der Waals surface area contributed by atoms with E-state index in [9.17, 15) is 43.8 Å². The third kappa shape index (κ3) is 23.5. The Bertz CT molecular complexity index is 3330. The van der Waals surface area contributed by atoms with Crippen molar-refractivity contribution in [3.8, 4) is 57.5 Å². The fraction of sp³-hybridized carbons (Fsp3) is 0.375. The van der Waals surface area contributed by atoms with Gasteiger partial charge in [0, 0.05) is 49.4 Å². The van der Waals surface area contributed by atoms with Gasteiger partial charge < -0.3 is 67.8 Å². The van der Waals surface area contributed by atoms with Crippen LogP contribution in [0.1, 0.15) is 129 Å². The molecule has 6 bridgehead atoms. The van der Waals surface area contributed by atoms with Crippen LogP contribution >= 0.6 is 15.9 Å². The van der Waals surface area contributed by atoms with Gasteiger partial charge in [-0.05, 0) is 115 Å². The molecule has 0 spiro atoms. The van der Waals surface area contributed by atoms with Crippen molar-refractivity contribution < 1.29 is 101 Å². The number of phenolic OH excluding ortho intramolecular Hbond substituents is 4. The fourth-order valence-electron chi connectivity index (χ4n) is 9.94. The highest BCUT2D eigenvalue weighted by Gasteiger charge is 2.39. The number of benzene rings is 5. The third-order valence-electron chi connectivity index (χ3n) is 14.1. The van der Waals surface area contributed by atoms with Crippen LogP contribution in [0.3, 0.4) is 0 Å². The summed E-state index contributed by atoms with van der Waals surface area (Å²) in [6.45, 7) is 20.2. The van der Waals surface area contributed by atoms with Crippen molar-refractivity contribution >= 4 is 65.1 Å². The molecule has 21 nitrogen and oxygen atoms in total. The number of esters is 3. The number of aldehydes is 4. The Morgan fingerprint density at radius 3 is 1.18 bits per heavy atom. The van der Waals surface area contributed by atoms with Crippen LogP contribution < -0.4 is 28.4 Å². The lowest BCUT2D eigenvalue weighted by atomic mass is 9.95.